The van der Waals surface area contributed by atoms with Crippen LogP contribution in [-0.4, -0.2) is 41.0 Å². The number of aromatic nitrogens is 1. The third-order valence-electron chi connectivity index (χ3n) is 4.31. The monoisotopic (exact) mass is 369 g/mol. The van der Waals surface area contributed by atoms with Gasteiger partial charge in [-0.1, -0.05) is 15.9 Å². The summed E-state index contributed by atoms with van der Waals surface area (Å²) in [5, 5.41) is 19.8. The quantitative estimate of drug-likeness (QED) is 0.637. The molecule has 1 N–H and O–H groups in total. The molecule has 3 heterocycles. The Kier molecular flexibility index (Phi) is 3.21. The Balaban J connectivity index is 1.97. The summed E-state index contributed by atoms with van der Waals surface area (Å²) in [4.78, 5) is 14.2. The summed E-state index contributed by atoms with van der Waals surface area (Å²) >= 11 is 5.04. The van der Waals surface area contributed by atoms with Crippen LogP contribution in [0.3, 0.4) is 0 Å². The molecule has 0 aromatic carbocycles. The van der Waals surface area contributed by atoms with E-state index in [4.69, 9.17) is 0 Å². The van der Waals surface area contributed by atoms with Crippen molar-refractivity contribution in [3.05, 3.63) is 24.0 Å². The van der Waals surface area contributed by atoms with E-state index < -0.39 is 16.5 Å². The molecule has 0 radical (unpaired) electrons. The highest BCUT2D eigenvalue weighted by molar-refractivity contribution is 9.10. The largest absolute Gasteiger partial charge is 0.385 e. The second-order valence-corrected chi connectivity index (χ2v) is 9.08. The zero-order valence-corrected chi connectivity index (χ0v) is 14.3. The summed E-state index contributed by atoms with van der Waals surface area (Å²) in [6, 6.07) is 5.38. The van der Waals surface area contributed by atoms with Crippen LogP contribution in [-0.2, 0) is 11.8 Å². The van der Waals surface area contributed by atoms with E-state index in [9.17, 15) is 15.2 Å². The predicted octanol–water partition coefficient (Wildman–Crippen LogP) is 1.78. The highest BCUT2D eigenvalue weighted by Gasteiger charge is 2.72. The maximum Gasteiger partial charge on any atom is 0.247 e. The highest BCUT2D eigenvalue weighted by atomic mass is 79.9. The van der Waals surface area contributed by atoms with Crippen molar-refractivity contribution in [2.75, 3.05) is 0 Å². The number of aryl methyl sites for hydroxylation is 1. The van der Waals surface area contributed by atoms with E-state index in [1.165, 1.54) is 0 Å². The third-order valence-corrected chi connectivity index (χ3v) is 7.47. The summed E-state index contributed by atoms with van der Waals surface area (Å²) in [5.74, 6) is -0.217. The average molecular weight is 370 g/mol. The molecule has 0 bridgehead atoms. The van der Waals surface area contributed by atoms with Gasteiger partial charge >= 0.3 is 0 Å². The molecule has 0 aliphatic carbocycles. The lowest BCUT2D eigenvalue weighted by Crippen LogP contribution is -2.71. The molecule has 2 aliphatic heterocycles. The molecule has 2 aliphatic rings. The summed E-state index contributed by atoms with van der Waals surface area (Å²) in [6.45, 7) is 3.92. The maximum atomic E-state index is 12.6. The molecule has 7 heteroatoms. The Labute approximate surface area is 136 Å². The van der Waals surface area contributed by atoms with Crippen molar-refractivity contribution in [1.29, 1.82) is 5.26 Å². The fourth-order valence-electron chi connectivity index (χ4n) is 3.07. The van der Waals surface area contributed by atoms with Gasteiger partial charge in [0.25, 0.3) is 0 Å². The van der Waals surface area contributed by atoms with Crippen molar-refractivity contribution < 1.29 is 9.90 Å². The number of fused-ring (bicyclic) bond motifs is 1. The Morgan fingerprint density at radius 3 is 2.76 bits per heavy atom. The topological polar surface area (TPSA) is 69.3 Å². The van der Waals surface area contributed by atoms with Crippen molar-refractivity contribution in [3.8, 4) is 6.07 Å². The van der Waals surface area contributed by atoms with Crippen LogP contribution in [0, 0.1) is 11.3 Å². The van der Waals surface area contributed by atoms with Gasteiger partial charge < -0.3 is 14.6 Å². The molecular weight excluding hydrogens is 354 g/mol. The number of β-lactam (4-membered cyclic amide) rings is 1. The summed E-state index contributed by atoms with van der Waals surface area (Å²) < 4.78 is 0.390. The SMILES string of the molecule is Cn1cccc1C(O)C1(Br)C(=O)N2C(C#N)C(C)(C)SC21. The Morgan fingerprint density at radius 2 is 2.24 bits per heavy atom. The average Bonchev–Trinajstić information content (AvgIpc) is 2.96. The van der Waals surface area contributed by atoms with E-state index in [1.54, 1.807) is 27.3 Å². The van der Waals surface area contributed by atoms with Crippen LogP contribution >= 0.6 is 27.7 Å². The Morgan fingerprint density at radius 1 is 1.57 bits per heavy atom. The number of hydrogen-bond acceptors (Lipinski definition) is 4. The number of alkyl halides is 1. The molecule has 21 heavy (non-hydrogen) atoms. The van der Waals surface area contributed by atoms with E-state index in [2.05, 4.69) is 22.0 Å². The van der Waals surface area contributed by atoms with Crippen LogP contribution in [0.5, 0.6) is 0 Å². The number of amides is 1. The molecular formula is C14H16BrN3O2S. The smallest absolute Gasteiger partial charge is 0.247 e. The molecule has 2 saturated heterocycles. The van der Waals surface area contributed by atoms with E-state index in [0.717, 1.165) is 0 Å². The molecule has 4 unspecified atom stereocenters. The molecule has 1 aromatic rings. The van der Waals surface area contributed by atoms with Gasteiger partial charge in [-0.2, -0.15) is 5.26 Å². The predicted molar refractivity (Wildman–Crippen MR) is 83.7 cm³/mol. The van der Waals surface area contributed by atoms with Gasteiger partial charge in [-0.05, 0) is 26.0 Å². The molecule has 0 spiro atoms. The molecule has 5 nitrogen and oxygen atoms in total. The highest BCUT2D eigenvalue weighted by Crippen LogP contribution is 2.61. The summed E-state index contributed by atoms with van der Waals surface area (Å²) in [6.07, 6.45) is 0.881. The first-order valence-corrected chi connectivity index (χ1v) is 8.31. The van der Waals surface area contributed by atoms with Crippen LogP contribution < -0.4 is 0 Å². The molecule has 3 rings (SSSR count). The van der Waals surface area contributed by atoms with Gasteiger partial charge in [0.2, 0.25) is 5.91 Å². The normalized spacial score (nSPS) is 35.0. The Bertz CT molecular complexity index is 653. The second kappa shape index (κ2) is 4.51. The number of carbonyl (C=O) groups is 1. The van der Waals surface area contributed by atoms with Crippen LogP contribution in [0.25, 0.3) is 0 Å². The van der Waals surface area contributed by atoms with Gasteiger partial charge in [-0.25, -0.2) is 0 Å². The number of thioether (sulfide) groups is 1. The molecule has 4 atom stereocenters. The fraction of sp³-hybridized carbons (Fsp3) is 0.571. The van der Waals surface area contributed by atoms with Gasteiger partial charge in [-0.3, -0.25) is 4.79 Å². The van der Waals surface area contributed by atoms with Crippen molar-refractivity contribution in [3.63, 3.8) is 0 Å². The van der Waals surface area contributed by atoms with E-state index >= 15 is 0 Å². The lowest BCUT2D eigenvalue weighted by Gasteiger charge is -2.51. The number of halogens is 1. The minimum Gasteiger partial charge on any atom is -0.385 e. The standard InChI is InChI=1S/C14H16BrN3O2S/c1-13(2)9(7-16)18-11(20)14(15,12(18)21-13)10(19)8-5-4-6-17(8)3/h4-6,9-10,12,19H,1-3H3. The van der Waals surface area contributed by atoms with E-state index in [1.807, 2.05) is 33.2 Å². The van der Waals surface area contributed by atoms with E-state index in [0.29, 0.717) is 5.69 Å². The number of aliphatic hydroxyl groups is 1. The number of hydrogen-bond donors (Lipinski definition) is 1. The zero-order valence-electron chi connectivity index (χ0n) is 11.9. The zero-order chi connectivity index (χ0) is 15.6. The number of nitrogens with zero attached hydrogens (tertiary/aromatic N) is 3. The first kappa shape index (κ1) is 14.9. The van der Waals surface area contributed by atoms with Crippen LogP contribution in [0.4, 0.5) is 0 Å². The number of rotatable bonds is 2. The molecule has 112 valence electrons. The number of aliphatic hydroxyl groups excluding tert-OH is 1. The molecule has 1 aromatic heterocycles. The van der Waals surface area contributed by atoms with E-state index in [-0.39, 0.29) is 16.0 Å². The summed E-state index contributed by atoms with van der Waals surface area (Å²) in [7, 11) is 1.83. The number of nitriles is 1. The van der Waals surface area contributed by atoms with Crippen molar-refractivity contribution in [2.45, 2.75) is 40.4 Å². The van der Waals surface area contributed by atoms with Gasteiger partial charge in [0.15, 0.2) is 4.32 Å². The van der Waals surface area contributed by atoms with Gasteiger partial charge in [-0.15, -0.1) is 11.8 Å². The van der Waals surface area contributed by atoms with Gasteiger partial charge in [0.05, 0.1) is 6.07 Å². The lowest BCUT2D eigenvalue weighted by atomic mass is 9.86. The molecule has 2 fully saturated rings. The third kappa shape index (κ3) is 1.76. The summed E-state index contributed by atoms with van der Waals surface area (Å²) in [5.41, 5.74) is 0.679. The molecule has 0 saturated carbocycles. The lowest BCUT2D eigenvalue weighted by molar-refractivity contribution is -0.153. The minimum absolute atomic E-state index is 0.217. The van der Waals surface area contributed by atoms with Gasteiger partial charge in [0, 0.05) is 23.7 Å². The first-order chi connectivity index (χ1) is 9.75. The molecule has 1 amide bonds. The second-order valence-electron chi connectivity index (χ2n) is 6.03. The van der Waals surface area contributed by atoms with Crippen LogP contribution in [0.1, 0.15) is 25.6 Å². The van der Waals surface area contributed by atoms with Crippen LogP contribution in [0.15, 0.2) is 18.3 Å². The van der Waals surface area contributed by atoms with Crippen LogP contribution in [0.2, 0.25) is 0 Å². The van der Waals surface area contributed by atoms with Crippen molar-refractivity contribution >= 4 is 33.6 Å². The van der Waals surface area contributed by atoms with Crippen molar-refractivity contribution in [2.24, 2.45) is 7.05 Å². The first-order valence-electron chi connectivity index (χ1n) is 6.63. The Hall–Kier alpha value is -0.970. The maximum absolute atomic E-state index is 12.6. The fourth-order valence-corrected chi connectivity index (χ4v) is 5.61. The van der Waals surface area contributed by atoms with Crippen molar-refractivity contribution in [1.82, 2.24) is 9.47 Å². The minimum atomic E-state index is -1.06. The number of carbonyl (C=O) groups excluding carboxylic acids is 1. The van der Waals surface area contributed by atoms with Gasteiger partial charge in [0.1, 0.15) is 17.5 Å².